The van der Waals surface area contributed by atoms with Crippen LogP contribution in [0.15, 0.2) is 24.3 Å². The van der Waals surface area contributed by atoms with Crippen LogP contribution in [0.3, 0.4) is 0 Å². The highest BCUT2D eigenvalue weighted by molar-refractivity contribution is 8.01. The minimum Gasteiger partial charge on any atom is -0.351 e. The third-order valence-corrected chi connectivity index (χ3v) is 4.75. The normalized spacial score (nSPS) is 19.0. The van der Waals surface area contributed by atoms with Crippen molar-refractivity contribution in [3.05, 3.63) is 30.1 Å². The lowest BCUT2D eigenvalue weighted by Gasteiger charge is -2.25. The van der Waals surface area contributed by atoms with Crippen molar-refractivity contribution in [3.63, 3.8) is 0 Å². The predicted octanol–water partition coefficient (Wildman–Crippen LogP) is 1.75. The average Bonchev–Trinajstić information content (AvgIpc) is 2.55. The number of nitrogens with one attached hydrogen (secondary N) is 3. The van der Waals surface area contributed by atoms with Crippen LogP contribution in [-0.2, 0) is 9.59 Å². The number of hydrogen-bond acceptors (Lipinski definition) is 4. The number of thioether (sulfide) groups is 1. The first-order valence-corrected chi connectivity index (χ1v) is 8.77. The van der Waals surface area contributed by atoms with E-state index in [0.717, 1.165) is 25.9 Å². The molecule has 2 rings (SSSR count). The van der Waals surface area contributed by atoms with Gasteiger partial charge in [-0.25, -0.2) is 4.39 Å². The third-order valence-electron chi connectivity index (χ3n) is 3.60. The molecule has 2 amide bonds. The zero-order valence-corrected chi connectivity index (χ0v) is 13.9. The molecule has 1 aromatic carbocycles. The van der Waals surface area contributed by atoms with Gasteiger partial charge in [0, 0.05) is 18.3 Å². The molecule has 23 heavy (non-hydrogen) atoms. The van der Waals surface area contributed by atoms with Crippen molar-refractivity contribution in [3.8, 4) is 0 Å². The Morgan fingerprint density at radius 1 is 1.39 bits per heavy atom. The smallest absolute Gasteiger partial charge is 0.234 e. The zero-order chi connectivity index (χ0) is 16.7. The molecule has 5 nitrogen and oxygen atoms in total. The average molecular weight is 339 g/mol. The van der Waals surface area contributed by atoms with Gasteiger partial charge in [0.25, 0.3) is 0 Å². The SMILES string of the molecule is CC(SCC(=O)Nc1ccc(F)cc1)C(=O)N[C@H]1CCCNC1. The Balaban J connectivity index is 1.70. The second-order valence-corrected chi connectivity index (χ2v) is 6.89. The molecular weight excluding hydrogens is 317 g/mol. The van der Waals surface area contributed by atoms with E-state index >= 15 is 0 Å². The second-order valence-electron chi connectivity index (χ2n) is 5.56. The molecule has 1 aromatic rings. The maximum absolute atomic E-state index is 12.8. The highest BCUT2D eigenvalue weighted by Gasteiger charge is 2.20. The Hall–Kier alpha value is -1.60. The highest BCUT2D eigenvalue weighted by Crippen LogP contribution is 2.14. The van der Waals surface area contributed by atoms with Gasteiger partial charge >= 0.3 is 0 Å². The summed E-state index contributed by atoms with van der Waals surface area (Å²) in [5, 5.41) is 8.63. The first kappa shape index (κ1) is 17.7. The predicted molar refractivity (Wildman–Crippen MR) is 91.0 cm³/mol. The first-order chi connectivity index (χ1) is 11.0. The summed E-state index contributed by atoms with van der Waals surface area (Å²) in [7, 11) is 0. The number of amides is 2. The van der Waals surface area contributed by atoms with E-state index in [1.54, 1.807) is 6.92 Å². The van der Waals surface area contributed by atoms with Gasteiger partial charge in [0.15, 0.2) is 0 Å². The van der Waals surface area contributed by atoms with Gasteiger partial charge in [0.05, 0.1) is 11.0 Å². The Kier molecular flexibility index (Phi) is 6.85. The number of benzene rings is 1. The van der Waals surface area contributed by atoms with Gasteiger partial charge in [0.1, 0.15) is 5.82 Å². The molecule has 0 aromatic heterocycles. The fourth-order valence-corrected chi connectivity index (χ4v) is 2.99. The fraction of sp³-hybridized carbons (Fsp3) is 0.500. The maximum Gasteiger partial charge on any atom is 0.234 e. The van der Waals surface area contributed by atoms with E-state index in [1.165, 1.54) is 36.0 Å². The second kappa shape index (κ2) is 8.88. The summed E-state index contributed by atoms with van der Waals surface area (Å²) in [5.41, 5.74) is 0.544. The van der Waals surface area contributed by atoms with E-state index in [1.807, 2.05) is 0 Å². The molecule has 0 spiro atoms. The largest absolute Gasteiger partial charge is 0.351 e. The topological polar surface area (TPSA) is 70.2 Å². The molecule has 0 aliphatic carbocycles. The molecule has 1 heterocycles. The molecule has 1 unspecified atom stereocenters. The quantitative estimate of drug-likeness (QED) is 0.739. The molecule has 0 bridgehead atoms. The van der Waals surface area contributed by atoms with E-state index in [2.05, 4.69) is 16.0 Å². The molecule has 0 radical (unpaired) electrons. The number of anilines is 1. The molecular formula is C16H22FN3O2S. The molecule has 2 atom stereocenters. The molecule has 1 aliphatic rings. The standard InChI is InChI=1S/C16H22FN3O2S/c1-11(16(22)20-14-3-2-8-18-9-14)23-10-15(21)19-13-6-4-12(17)5-7-13/h4-7,11,14,18H,2-3,8-10H2,1H3,(H,19,21)(H,20,22)/t11?,14-/m0/s1. The van der Waals surface area contributed by atoms with E-state index in [4.69, 9.17) is 0 Å². The van der Waals surface area contributed by atoms with Crippen molar-refractivity contribution >= 4 is 29.3 Å². The molecule has 1 saturated heterocycles. The maximum atomic E-state index is 12.8. The summed E-state index contributed by atoms with van der Waals surface area (Å²) in [6, 6.07) is 5.76. The van der Waals surface area contributed by atoms with E-state index < -0.39 is 0 Å². The Bertz CT molecular complexity index is 533. The van der Waals surface area contributed by atoms with Crippen LogP contribution in [0, 0.1) is 5.82 Å². The van der Waals surface area contributed by atoms with Crippen LogP contribution in [-0.4, -0.2) is 41.9 Å². The van der Waals surface area contributed by atoms with Gasteiger partial charge in [-0.15, -0.1) is 11.8 Å². The Labute approximate surface area is 139 Å². The molecule has 1 fully saturated rings. The van der Waals surface area contributed by atoms with Gasteiger partial charge in [-0.05, 0) is 50.6 Å². The molecule has 0 saturated carbocycles. The summed E-state index contributed by atoms with van der Waals surface area (Å²) in [5.74, 6) is -0.423. The van der Waals surface area contributed by atoms with Crippen LogP contribution >= 0.6 is 11.8 Å². The number of hydrogen-bond donors (Lipinski definition) is 3. The number of piperidine rings is 1. The van der Waals surface area contributed by atoms with E-state index in [0.29, 0.717) is 5.69 Å². The van der Waals surface area contributed by atoms with Crippen molar-refractivity contribution in [2.24, 2.45) is 0 Å². The molecule has 3 N–H and O–H groups in total. The summed E-state index contributed by atoms with van der Waals surface area (Å²) >= 11 is 1.29. The van der Waals surface area contributed by atoms with Crippen LogP contribution in [0.4, 0.5) is 10.1 Å². The van der Waals surface area contributed by atoms with Crippen LogP contribution in [0.5, 0.6) is 0 Å². The lowest BCUT2D eigenvalue weighted by atomic mass is 10.1. The first-order valence-electron chi connectivity index (χ1n) is 7.72. The summed E-state index contributed by atoms with van der Waals surface area (Å²) < 4.78 is 12.8. The fourth-order valence-electron chi connectivity index (χ4n) is 2.30. The van der Waals surface area contributed by atoms with Crippen molar-refractivity contribution in [1.82, 2.24) is 10.6 Å². The minimum atomic E-state index is -0.347. The van der Waals surface area contributed by atoms with Crippen molar-refractivity contribution in [2.45, 2.75) is 31.1 Å². The molecule has 126 valence electrons. The van der Waals surface area contributed by atoms with Gasteiger partial charge < -0.3 is 16.0 Å². The highest BCUT2D eigenvalue weighted by atomic mass is 32.2. The molecule has 7 heteroatoms. The minimum absolute atomic E-state index is 0.0433. The number of carbonyl (C=O) groups excluding carboxylic acids is 2. The van der Waals surface area contributed by atoms with Crippen LogP contribution in [0.1, 0.15) is 19.8 Å². The summed E-state index contributed by atoms with van der Waals surface area (Å²) in [6.45, 7) is 3.59. The Morgan fingerprint density at radius 3 is 2.78 bits per heavy atom. The van der Waals surface area contributed by atoms with Gasteiger partial charge in [-0.1, -0.05) is 0 Å². The van der Waals surface area contributed by atoms with Crippen molar-refractivity contribution in [1.29, 1.82) is 0 Å². The summed E-state index contributed by atoms with van der Waals surface area (Å²) in [4.78, 5) is 23.9. The lowest BCUT2D eigenvalue weighted by Crippen LogP contribution is -2.47. The van der Waals surface area contributed by atoms with Gasteiger partial charge in [-0.3, -0.25) is 9.59 Å². The molecule has 1 aliphatic heterocycles. The van der Waals surface area contributed by atoms with Crippen molar-refractivity contribution < 1.29 is 14.0 Å². The van der Waals surface area contributed by atoms with E-state index in [-0.39, 0.29) is 34.7 Å². The number of carbonyl (C=O) groups is 2. The van der Waals surface area contributed by atoms with E-state index in [9.17, 15) is 14.0 Å². The zero-order valence-electron chi connectivity index (χ0n) is 13.1. The van der Waals surface area contributed by atoms with Crippen molar-refractivity contribution in [2.75, 3.05) is 24.2 Å². The monoisotopic (exact) mass is 339 g/mol. The lowest BCUT2D eigenvalue weighted by molar-refractivity contribution is -0.121. The van der Waals surface area contributed by atoms with Gasteiger partial charge in [-0.2, -0.15) is 0 Å². The van der Waals surface area contributed by atoms with Crippen LogP contribution in [0.25, 0.3) is 0 Å². The third kappa shape index (κ3) is 6.19. The number of rotatable bonds is 6. The number of halogens is 1. The summed E-state index contributed by atoms with van der Waals surface area (Å²) in [6.07, 6.45) is 2.05. The van der Waals surface area contributed by atoms with Crippen LogP contribution in [0.2, 0.25) is 0 Å². The van der Waals surface area contributed by atoms with Gasteiger partial charge in [0.2, 0.25) is 11.8 Å². The van der Waals surface area contributed by atoms with Crippen LogP contribution < -0.4 is 16.0 Å². The Morgan fingerprint density at radius 2 is 2.13 bits per heavy atom.